The molecule has 1 saturated carbocycles. The second-order valence-corrected chi connectivity index (χ2v) is 11.0. The predicted molar refractivity (Wildman–Crippen MR) is 156 cm³/mol. The Morgan fingerprint density at radius 1 is 1.05 bits per heavy atom. The number of ether oxygens (including phenoxy) is 3. The van der Waals surface area contributed by atoms with Crippen LogP contribution in [-0.4, -0.2) is 75.1 Å². The Morgan fingerprint density at radius 2 is 1.83 bits per heavy atom. The topological polar surface area (TPSA) is 123 Å². The summed E-state index contributed by atoms with van der Waals surface area (Å²) in [6.45, 7) is 2.73. The van der Waals surface area contributed by atoms with Crippen LogP contribution < -0.4 is 20.1 Å². The third-order valence-electron chi connectivity index (χ3n) is 7.68. The summed E-state index contributed by atoms with van der Waals surface area (Å²) in [5.74, 6) is 0.161. The van der Waals surface area contributed by atoms with Gasteiger partial charge in [0.25, 0.3) is 11.8 Å². The molecule has 1 heterocycles. The van der Waals surface area contributed by atoms with Gasteiger partial charge in [-0.3, -0.25) is 19.2 Å². The van der Waals surface area contributed by atoms with Gasteiger partial charge in [-0.15, -0.1) is 0 Å². The number of methoxy groups -OCH3 is 1. The van der Waals surface area contributed by atoms with Gasteiger partial charge in [-0.1, -0.05) is 37.1 Å². The van der Waals surface area contributed by atoms with Crippen molar-refractivity contribution in [1.29, 1.82) is 0 Å². The van der Waals surface area contributed by atoms with E-state index in [1.807, 2.05) is 12.1 Å². The maximum Gasteiger partial charge on any atom is 0.314 e. The zero-order valence-electron chi connectivity index (χ0n) is 24.5. The van der Waals surface area contributed by atoms with Gasteiger partial charge in [0.05, 0.1) is 19.1 Å². The van der Waals surface area contributed by atoms with Crippen molar-refractivity contribution in [1.82, 2.24) is 15.5 Å². The van der Waals surface area contributed by atoms with Crippen molar-refractivity contribution in [2.75, 3.05) is 46.5 Å². The highest BCUT2D eigenvalue weighted by molar-refractivity contribution is 5.94. The number of hydrogen-bond donors (Lipinski definition) is 2. The Kier molecular flexibility index (Phi) is 10.8. The molecule has 1 atom stereocenters. The Balaban J connectivity index is 1.60. The van der Waals surface area contributed by atoms with E-state index < -0.39 is 5.41 Å². The SMILES string of the molecule is CCOC(=O)C1(CC2CC2)CNC(=O)CCCN(C(=O)c2ccccc2)CCNC(=O)COc2cc(ccc2OC)C1. The monoisotopic (exact) mass is 579 g/mol. The molecule has 2 aliphatic rings. The van der Waals surface area contributed by atoms with Crippen LogP contribution in [0.2, 0.25) is 0 Å². The first-order chi connectivity index (χ1) is 20.3. The fraction of sp³-hybridized carbons (Fsp3) is 0.500. The highest BCUT2D eigenvalue weighted by Crippen LogP contribution is 2.43. The van der Waals surface area contributed by atoms with E-state index >= 15 is 0 Å². The number of hydrogen-bond acceptors (Lipinski definition) is 7. The second kappa shape index (κ2) is 14.7. The van der Waals surface area contributed by atoms with Crippen LogP contribution in [0, 0.1) is 11.3 Å². The predicted octanol–water partition coefficient (Wildman–Crippen LogP) is 3.13. The van der Waals surface area contributed by atoms with Crippen molar-refractivity contribution in [3.63, 3.8) is 0 Å². The summed E-state index contributed by atoms with van der Waals surface area (Å²) in [4.78, 5) is 54.0. The number of fused-ring (bicyclic) bond motifs is 2. The van der Waals surface area contributed by atoms with Crippen molar-refractivity contribution >= 4 is 23.7 Å². The molecule has 3 amide bonds. The van der Waals surface area contributed by atoms with Gasteiger partial charge < -0.3 is 29.7 Å². The lowest BCUT2D eigenvalue weighted by molar-refractivity contribution is -0.156. The summed E-state index contributed by atoms with van der Waals surface area (Å²) in [5, 5.41) is 5.81. The molecule has 1 fully saturated rings. The van der Waals surface area contributed by atoms with Gasteiger partial charge >= 0.3 is 5.97 Å². The molecule has 0 radical (unpaired) electrons. The fourth-order valence-electron chi connectivity index (χ4n) is 5.32. The van der Waals surface area contributed by atoms with E-state index in [9.17, 15) is 19.2 Å². The number of nitrogens with zero attached hydrogens (tertiary/aromatic N) is 1. The fourth-order valence-corrected chi connectivity index (χ4v) is 5.32. The van der Waals surface area contributed by atoms with Crippen LogP contribution in [0.5, 0.6) is 11.5 Å². The number of carbonyl (C=O) groups is 4. The smallest absolute Gasteiger partial charge is 0.314 e. The van der Waals surface area contributed by atoms with Gasteiger partial charge in [-0.25, -0.2) is 0 Å². The van der Waals surface area contributed by atoms with Gasteiger partial charge in [0.1, 0.15) is 0 Å². The lowest BCUT2D eigenvalue weighted by atomic mass is 9.76. The number of esters is 1. The van der Waals surface area contributed by atoms with E-state index in [2.05, 4.69) is 10.6 Å². The maximum atomic E-state index is 13.5. The van der Waals surface area contributed by atoms with E-state index in [1.165, 1.54) is 7.11 Å². The molecule has 2 N–H and O–H groups in total. The van der Waals surface area contributed by atoms with E-state index in [1.54, 1.807) is 48.2 Å². The summed E-state index contributed by atoms with van der Waals surface area (Å²) in [7, 11) is 1.52. The van der Waals surface area contributed by atoms with Gasteiger partial charge in [0.2, 0.25) is 5.91 Å². The van der Waals surface area contributed by atoms with E-state index in [4.69, 9.17) is 14.2 Å². The minimum atomic E-state index is -0.961. The number of amides is 3. The lowest BCUT2D eigenvalue weighted by Gasteiger charge is -2.32. The van der Waals surface area contributed by atoms with Gasteiger partial charge in [-0.2, -0.15) is 0 Å². The molecule has 2 aromatic carbocycles. The molecule has 0 saturated heterocycles. The molecule has 2 aromatic rings. The molecule has 0 aromatic heterocycles. The third kappa shape index (κ3) is 8.47. The van der Waals surface area contributed by atoms with Crippen molar-refractivity contribution < 1.29 is 33.4 Å². The van der Waals surface area contributed by atoms with Crippen LogP contribution in [0.3, 0.4) is 0 Å². The molecule has 1 unspecified atom stereocenters. The molecule has 1 aliphatic carbocycles. The largest absolute Gasteiger partial charge is 0.493 e. The molecule has 4 rings (SSSR count). The summed E-state index contributed by atoms with van der Waals surface area (Å²) in [5.41, 5.74) is 0.381. The summed E-state index contributed by atoms with van der Waals surface area (Å²) >= 11 is 0. The van der Waals surface area contributed by atoms with Crippen molar-refractivity contribution in [2.45, 2.75) is 45.4 Å². The van der Waals surface area contributed by atoms with Crippen molar-refractivity contribution in [2.24, 2.45) is 11.3 Å². The van der Waals surface area contributed by atoms with Crippen LogP contribution >= 0.6 is 0 Å². The average molecular weight is 580 g/mol. The van der Waals surface area contributed by atoms with Crippen LogP contribution in [0.4, 0.5) is 0 Å². The Labute approximate surface area is 247 Å². The molecule has 226 valence electrons. The molecular formula is C32H41N3O7. The first-order valence-corrected chi connectivity index (χ1v) is 14.7. The number of benzene rings is 2. The second-order valence-electron chi connectivity index (χ2n) is 11.0. The van der Waals surface area contributed by atoms with Crippen LogP contribution in [0.25, 0.3) is 0 Å². The number of rotatable bonds is 6. The molecule has 10 nitrogen and oxygen atoms in total. The van der Waals surface area contributed by atoms with Crippen molar-refractivity contribution in [3.05, 3.63) is 59.7 Å². The zero-order valence-corrected chi connectivity index (χ0v) is 24.5. The molecule has 2 bridgehead atoms. The summed E-state index contributed by atoms with van der Waals surface area (Å²) in [6, 6.07) is 14.3. The van der Waals surface area contributed by atoms with E-state index in [0.29, 0.717) is 48.8 Å². The van der Waals surface area contributed by atoms with Crippen LogP contribution in [-0.2, 0) is 25.5 Å². The highest BCUT2D eigenvalue weighted by Gasteiger charge is 2.44. The zero-order chi connectivity index (χ0) is 30.0. The molecule has 10 heteroatoms. The molecule has 1 aliphatic heterocycles. The molecular weight excluding hydrogens is 538 g/mol. The minimum absolute atomic E-state index is 0.137. The first kappa shape index (κ1) is 30.9. The lowest BCUT2D eigenvalue weighted by Crippen LogP contribution is -2.46. The number of carbonyl (C=O) groups excluding carboxylic acids is 4. The first-order valence-electron chi connectivity index (χ1n) is 14.7. The molecule has 42 heavy (non-hydrogen) atoms. The Bertz CT molecular complexity index is 1250. The Morgan fingerprint density at radius 3 is 2.55 bits per heavy atom. The third-order valence-corrected chi connectivity index (χ3v) is 7.68. The van der Waals surface area contributed by atoms with E-state index in [0.717, 1.165) is 18.4 Å². The highest BCUT2D eigenvalue weighted by atomic mass is 16.5. The molecule has 0 spiro atoms. The maximum absolute atomic E-state index is 13.5. The summed E-state index contributed by atoms with van der Waals surface area (Å²) < 4.78 is 16.9. The Hall–Kier alpha value is -4.08. The van der Waals surface area contributed by atoms with Gasteiger partial charge in [0.15, 0.2) is 18.1 Å². The average Bonchev–Trinajstić information content (AvgIpc) is 3.81. The van der Waals surface area contributed by atoms with Gasteiger partial charge in [-0.05, 0) is 61.9 Å². The van der Waals surface area contributed by atoms with Crippen molar-refractivity contribution in [3.8, 4) is 11.5 Å². The normalized spacial score (nSPS) is 20.7. The standard InChI is InChI=1S/C32H41N3O7/c1-3-41-31(39)32(19-23-11-12-23)20-24-13-14-26(40-2)27(18-24)42-21-29(37)33-15-17-35(16-7-10-28(36)34-22-32)30(38)25-8-5-4-6-9-25/h4-6,8-9,13-14,18,23H,3,7,10-12,15-17,19-22H2,1-2H3,(H,33,37)(H,34,36). The minimum Gasteiger partial charge on any atom is -0.493 e. The van der Waals surface area contributed by atoms with Crippen LogP contribution in [0.1, 0.15) is 54.9 Å². The van der Waals surface area contributed by atoms with E-state index in [-0.39, 0.29) is 63.0 Å². The quantitative estimate of drug-likeness (QED) is 0.504. The van der Waals surface area contributed by atoms with Gasteiger partial charge in [0, 0.05) is 38.2 Å². The van der Waals surface area contributed by atoms with Crippen LogP contribution in [0.15, 0.2) is 48.5 Å². The summed E-state index contributed by atoms with van der Waals surface area (Å²) in [6.07, 6.45) is 3.61. The number of nitrogens with one attached hydrogen (secondary N) is 2.